The van der Waals surface area contributed by atoms with Crippen molar-refractivity contribution in [3.8, 4) is 5.75 Å². The molecule has 0 amide bonds. The molecule has 0 aliphatic carbocycles. The van der Waals surface area contributed by atoms with E-state index in [4.69, 9.17) is 9.84 Å². The monoisotopic (exact) mass is 252 g/mol. The zero-order valence-corrected chi connectivity index (χ0v) is 11.2. The molecule has 1 atom stereocenters. The van der Waals surface area contributed by atoms with Gasteiger partial charge in [-0.2, -0.15) is 0 Å². The Bertz CT molecular complexity index is 435. The molecule has 0 aliphatic heterocycles. The Balaban J connectivity index is 2.88. The predicted octanol–water partition coefficient (Wildman–Crippen LogP) is 2.54. The first-order valence-corrected chi connectivity index (χ1v) is 5.89. The van der Waals surface area contributed by atoms with E-state index in [0.717, 1.165) is 5.56 Å². The van der Waals surface area contributed by atoms with Crippen LogP contribution in [0.15, 0.2) is 18.2 Å². The normalized spacial score (nSPS) is 13.2. The summed E-state index contributed by atoms with van der Waals surface area (Å²) < 4.78 is 5.54. The molecule has 0 aromatic heterocycles. The van der Waals surface area contributed by atoms with Gasteiger partial charge in [0.05, 0.1) is 11.5 Å². The molecule has 1 aromatic rings. The van der Waals surface area contributed by atoms with Crippen LogP contribution in [0.2, 0.25) is 0 Å². The summed E-state index contributed by atoms with van der Waals surface area (Å²) in [7, 11) is 0. The van der Waals surface area contributed by atoms with E-state index in [1.54, 1.807) is 26.8 Å². The molecule has 0 bridgehead atoms. The van der Waals surface area contributed by atoms with Crippen LogP contribution >= 0.6 is 0 Å². The third-order valence-corrected chi connectivity index (χ3v) is 2.78. The molecule has 0 fully saturated rings. The fraction of sp³-hybridized carbons (Fsp3) is 0.500. The third kappa shape index (κ3) is 3.47. The van der Waals surface area contributed by atoms with Crippen LogP contribution in [0.25, 0.3) is 0 Å². The third-order valence-electron chi connectivity index (χ3n) is 2.78. The molecular formula is C14H20O4. The lowest BCUT2D eigenvalue weighted by molar-refractivity contribution is -0.148. The van der Waals surface area contributed by atoms with Crippen LogP contribution in [0, 0.1) is 12.3 Å². The summed E-state index contributed by atoms with van der Waals surface area (Å²) in [4.78, 5) is 11.0. The zero-order chi connectivity index (χ0) is 13.9. The van der Waals surface area contributed by atoms with Crippen molar-refractivity contribution in [2.24, 2.45) is 5.41 Å². The van der Waals surface area contributed by atoms with Crippen molar-refractivity contribution in [2.75, 3.05) is 6.61 Å². The molecule has 2 N–H and O–H groups in total. The van der Waals surface area contributed by atoms with Crippen molar-refractivity contribution < 1.29 is 19.7 Å². The lowest BCUT2D eigenvalue weighted by Crippen LogP contribution is -2.30. The molecule has 0 aliphatic rings. The minimum absolute atomic E-state index is 0.0606. The largest absolute Gasteiger partial charge is 0.492 e. The second-order valence-electron chi connectivity index (χ2n) is 5.19. The van der Waals surface area contributed by atoms with Gasteiger partial charge >= 0.3 is 5.97 Å². The van der Waals surface area contributed by atoms with Crippen LogP contribution in [0.5, 0.6) is 5.75 Å². The SMILES string of the molecule is Cc1ccc(OCC(C)(C)C(=O)O)c(C(C)O)c1. The highest BCUT2D eigenvalue weighted by Gasteiger charge is 2.28. The van der Waals surface area contributed by atoms with Gasteiger partial charge in [-0.1, -0.05) is 11.6 Å². The van der Waals surface area contributed by atoms with Crippen molar-refractivity contribution in [2.45, 2.75) is 33.8 Å². The highest BCUT2D eigenvalue weighted by atomic mass is 16.5. The average Bonchev–Trinajstić information content (AvgIpc) is 2.27. The van der Waals surface area contributed by atoms with Crippen LogP contribution in [0.1, 0.15) is 38.0 Å². The van der Waals surface area contributed by atoms with E-state index in [0.29, 0.717) is 11.3 Å². The molecule has 4 nitrogen and oxygen atoms in total. The fourth-order valence-electron chi connectivity index (χ4n) is 1.45. The van der Waals surface area contributed by atoms with Crippen LogP contribution < -0.4 is 4.74 Å². The number of carbonyl (C=O) groups is 1. The number of ether oxygens (including phenoxy) is 1. The van der Waals surface area contributed by atoms with Gasteiger partial charge in [0.1, 0.15) is 12.4 Å². The number of aliphatic carboxylic acids is 1. The number of carboxylic acids is 1. The molecule has 0 heterocycles. The van der Waals surface area contributed by atoms with Crippen molar-refractivity contribution in [3.63, 3.8) is 0 Å². The second-order valence-corrected chi connectivity index (χ2v) is 5.19. The van der Waals surface area contributed by atoms with Gasteiger partial charge in [-0.15, -0.1) is 0 Å². The summed E-state index contributed by atoms with van der Waals surface area (Å²) in [5.74, 6) is -0.377. The molecule has 1 aromatic carbocycles. The van der Waals surface area contributed by atoms with Gasteiger partial charge < -0.3 is 14.9 Å². The number of carboxylic acid groups (broad SMARTS) is 1. The van der Waals surface area contributed by atoms with E-state index in [1.165, 1.54) is 0 Å². The second kappa shape index (κ2) is 5.40. The first-order chi connectivity index (χ1) is 8.24. The zero-order valence-electron chi connectivity index (χ0n) is 11.2. The highest BCUT2D eigenvalue weighted by molar-refractivity contribution is 5.73. The van der Waals surface area contributed by atoms with Crippen LogP contribution in [-0.2, 0) is 4.79 Å². The first kappa shape index (κ1) is 14.5. The summed E-state index contributed by atoms with van der Waals surface area (Å²) in [5, 5.41) is 18.7. The minimum Gasteiger partial charge on any atom is -0.492 e. The summed E-state index contributed by atoms with van der Waals surface area (Å²) in [5.41, 5.74) is 0.743. The lowest BCUT2D eigenvalue weighted by Gasteiger charge is -2.21. The summed E-state index contributed by atoms with van der Waals surface area (Å²) in [6.45, 7) is 6.85. The van der Waals surface area contributed by atoms with Crippen molar-refractivity contribution in [1.82, 2.24) is 0 Å². The molecule has 100 valence electrons. The van der Waals surface area contributed by atoms with Crippen molar-refractivity contribution in [3.05, 3.63) is 29.3 Å². The van der Waals surface area contributed by atoms with E-state index in [2.05, 4.69) is 0 Å². The Morgan fingerprint density at radius 2 is 2.06 bits per heavy atom. The number of hydrogen-bond acceptors (Lipinski definition) is 3. The van der Waals surface area contributed by atoms with E-state index >= 15 is 0 Å². The Kier molecular flexibility index (Phi) is 4.35. The highest BCUT2D eigenvalue weighted by Crippen LogP contribution is 2.28. The number of rotatable bonds is 5. The van der Waals surface area contributed by atoms with Crippen LogP contribution in [-0.4, -0.2) is 22.8 Å². The van der Waals surface area contributed by atoms with Gasteiger partial charge in [0.2, 0.25) is 0 Å². The molecule has 18 heavy (non-hydrogen) atoms. The summed E-state index contributed by atoms with van der Waals surface area (Å²) in [6.07, 6.45) is -0.646. The Hall–Kier alpha value is -1.55. The maximum atomic E-state index is 11.0. The number of aliphatic hydroxyl groups excluding tert-OH is 1. The predicted molar refractivity (Wildman–Crippen MR) is 68.7 cm³/mol. The Morgan fingerprint density at radius 3 is 2.56 bits per heavy atom. The molecule has 4 heteroatoms. The molecule has 1 unspecified atom stereocenters. The Morgan fingerprint density at radius 1 is 1.44 bits per heavy atom. The molecular weight excluding hydrogens is 232 g/mol. The van der Waals surface area contributed by atoms with Crippen molar-refractivity contribution in [1.29, 1.82) is 0 Å². The molecule has 0 spiro atoms. The van der Waals surface area contributed by atoms with E-state index < -0.39 is 17.5 Å². The van der Waals surface area contributed by atoms with Gasteiger partial charge in [-0.3, -0.25) is 4.79 Å². The van der Waals surface area contributed by atoms with Gasteiger partial charge in [0.15, 0.2) is 0 Å². The van der Waals surface area contributed by atoms with Crippen LogP contribution in [0.3, 0.4) is 0 Å². The number of benzene rings is 1. The fourth-order valence-corrected chi connectivity index (χ4v) is 1.45. The Labute approximate surface area is 107 Å². The summed E-state index contributed by atoms with van der Waals surface area (Å²) in [6, 6.07) is 5.47. The van der Waals surface area contributed by atoms with Gasteiger partial charge in [0, 0.05) is 5.56 Å². The number of hydrogen-bond donors (Lipinski definition) is 2. The van der Waals surface area contributed by atoms with Gasteiger partial charge in [-0.25, -0.2) is 0 Å². The van der Waals surface area contributed by atoms with Gasteiger partial charge in [-0.05, 0) is 39.8 Å². The maximum Gasteiger partial charge on any atom is 0.312 e. The van der Waals surface area contributed by atoms with E-state index in [-0.39, 0.29) is 6.61 Å². The molecule has 1 rings (SSSR count). The summed E-state index contributed by atoms with van der Waals surface area (Å²) >= 11 is 0. The maximum absolute atomic E-state index is 11.0. The minimum atomic E-state index is -0.957. The molecule has 0 saturated heterocycles. The molecule has 0 radical (unpaired) electrons. The molecule has 0 saturated carbocycles. The topological polar surface area (TPSA) is 66.8 Å². The number of aryl methyl sites for hydroxylation is 1. The average molecular weight is 252 g/mol. The quantitative estimate of drug-likeness (QED) is 0.845. The van der Waals surface area contributed by atoms with Crippen LogP contribution in [0.4, 0.5) is 0 Å². The first-order valence-electron chi connectivity index (χ1n) is 5.89. The van der Waals surface area contributed by atoms with E-state index in [9.17, 15) is 9.90 Å². The standard InChI is InChI=1S/C14H20O4/c1-9-5-6-12(11(7-9)10(2)15)18-8-14(3,4)13(16)17/h5-7,10,15H,8H2,1-4H3,(H,16,17). The smallest absolute Gasteiger partial charge is 0.312 e. The van der Waals surface area contributed by atoms with Gasteiger partial charge in [0.25, 0.3) is 0 Å². The van der Waals surface area contributed by atoms with Crippen molar-refractivity contribution >= 4 is 5.97 Å². The van der Waals surface area contributed by atoms with E-state index in [1.807, 2.05) is 19.1 Å². The lowest BCUT2D eigenvalue weighted by atomic mass is 9.95. The number of aliphatic hydroxyl groups is 1.